The predicted molar refractivity (Wildman–Crippen MR) is 87.1 cm³/mol. The van der Waals surface area contributed by atoms with Gasteiger partial charge in [0.05, 0.1) is 10.9 Å². The average Bonchev–Trinajstić information content (AvgIpc) is 2.78. The van der Waals surface area contributed by atoms with E-state index in [-0.39, 0.29) is 11.2 Å². The zero-order valence-electron chi connectivity index (χ0n) is 10.9. The van der Waals surface area contributed by atoms with Crippen molar-refractivity contribution in [2.24, 2.45) is 0 Å². The number of halogens is 1. The number of nitrogen functional groups attached to an aromatic ring is 1. The Hall–Kier alpha value is -1.12. The van der Waals surface area contributed by atoms with Crippen molar-refractivity contribution in [1.29, 1.82) is 0 Å². The van der Waals surface area contributed by atoms with Crippen LogP contribution in [0, 0.1) is 6.92 Å². The van der Waals surface area contributed by atoms with Crippen molar-refractivity contribution >= 4 is 55.8 Å². The molecule has 1 heterocycles. The first kappa shape index (κ1) is 15.3. The molecule has 1 aromatic carbocycles. The lowest BCUT2D eigenvalue weighted by atomic mass is 10.2. The van der Waals surface area contributed by atoms with Crippen molar-refractivity contribution in [2.45, 2.75) is 23.4 Å². The van der Waals surface area contributed by atoms with E-state index in [2.05, 4.69) is 31.4 Å². The molecule has 1 amide bonds. The topological polar surface area (TPSA) is 80.9 Å². The predicted octanol–water partition coefficient (Wildman–Crippen LogP) is 3.31. The van der Waals surface area contributed by atoms with Crippen molar-refractivity contribution in [2.75, 3.05) is 11.1 Å². The van der Waals surface area contributed by atoms with Crippen LogP contribution < -0.4 is 11.1 Å². The maximum absolute atomic E-state index is 12.1. The standard InChI is InChI=1S/C12H13BrN4OS2/c1-6-3-4-9(8(13)5-6)15-10(18)7(2)19-12-17-16-11(14)20-12/h3-5,7H,1-2H3,(H2,14,16)(H,15,18). The van der Waals surface area contributed by atoms with E-state index in [1.165, 1.54) is 23.1 Å². The fourth-order valence-electron chi connectivity index (χ4n) is 1.43. The second kappa shape index (κ2) is 6.55. The largest absolute Gasteiger partial charge is 0.374 e. The second-order valence-corrected chi connectivity index (χ2v) is 7.59. The molecule has 0 radical (unpaired) electrons. The van der Waals surface area contributed by atoms with Gasteiger partial charge >= 0.3 is 0 Å². The van der Waals surface area contributed by atoms with Gasteiger partial charge in [0, 0.05) is 4.47 Å². The minimum atomic E-state index is -0.282. The summed E-state index contributed by atoms with van der Waals surface area (Å²) in [6.07, 6.45) is 0. The third-order valence-electron chi connectivity index (χ3n) is 2.45. The Kier molecular flexibility index (Phi) is 5.00. The number of hydrogen-bond acceptors (Lipinski definition) is 6. The molecular weight excluding hydrogens is 360 g/mol. The number of amides is 1. The highest BCUT2D eigenvalue weighted by Crippen LogP contribution is 2.29. The van der Waals surface area contributed by atoms with E-state index in [0.717, 1.165) is 15.7 Å². The van der Waals surface area contributed by atoms with E-state index in [4.69, 9.17) is 5.73 Å². The molecule has 5 nitrogen and oxygen atoms in total. The van der Waals surface area contributed by atoms with Crippen molar-refractivity contribution in [1.82, 2.24) is 10.2 Å². The number of rotatable bonds is 4. The molecule has 2 rings (SSSR count). The minimum absolute atomic E-state index is 0.0895. The summed E-state index contributed by atoms with van der Waals surface area (Å²) in [5.41, 5.74) is 7.39. The number of aromatic nitrogens is 2. The molecule has 2 aromatic rings. The first-order valence-electron chi connectivity index (χ1n) is 5.78. The third kappa shape index (κ3) is 3.94. The average molecular weight is 373 g/mol. The van der Waals surface area contributed by atoms with E-state index < -0.39 is 0 Å². The maximum atomic E-state index is 12.1. The van der Waals surface area contributed by atoms with Gasteiger partial charge in [-0.05, 0) is 47.5 Å². The van der Waals surface area contributed by atoms with Gasteiger partial charge in [-0.3, -0.25) is 4.79 Å². The summed E-state index contributed by atoms with van der Waals surface area (Å²) in [7, 11) is 0. The molecule has 0 aliphatic rings. The second-order valence-electron chi connectivity index (χ2n) is 4.14. The lowest BCUT2D eigenvalue weighted by molar-refractivity contribution is -0.115. The lowest BCUT2D eigenvalue weighted by Crippen LogP contribution is -2.22. The van der Waals surface area contributed by atoms with Crippen LogP contribution in [-0.4, -0.2) is 21.4 Å². The Morgan fingerprint density at radius 3 is 2.85 bits per heavy atom. The van der Waals surface area contributed by atoms with Gasteiger partial charge in [0.25, 0.3) is 0 Å². The minimum Gasteiger partial charge on any atom is -0.374 e. The van der Waals surface area contributed by atoms with Crippen LogP contribution in [0.15, 0.2) is 27.0 Å². The van der Waals surface area contributed by atoms with E-state index in [9.17, 15) is 4.79 Å². The summed E-state index contributed by atoms with van der Waals surface area (Å²) in [5, 5.41) is 10.6. The fourth-order valence-corrected chi connectivity index (χ4v) is 3.80. The third-order valence-corrected chi connectivity index (χ3v) is 5.04. The molecule has 0 fully saturated rings. The van der Waals surface area contributed by atoms with Gasteiger partial charge in [-0.15, -0.1) is 10.2 Å². The Bertz CT molecular complexity index is 632. The zero-order chi connectivity index (χ0) is 14.7. The number of thioether (sulfide) groups is 1. The number of anilines is 2. The van der Waals surface area contributed by atoms with Gasteiger partial charge in [0.1, 0.15) is 0 Å². The zero-order valence-corrected chi connectivity index (χ0v) is 14.1. The van der Waals surface area contributed by atoms with E-state index in [1.54, 1.807) is 0 Å². The van der Waals surface area contributed by atoms with Gasteiger partial charge in [0.15, 0.2) is 4.34 Å². The summed E-state index contributed by atoms with van der Waals surface area (Å²) in [6, 6.07) is 5.78. The Morgan fingerprint density at radius 2 is 2.25 bits per heavy atom. The van der Waals surface area contributed by atoms with Gasteiger partial charge in [-0.2, -0.15) is 0 Å². The molecule has 8 heteroatoms. The molecule has 1 atom stereocenters. The fraction of sp³-hybridized carbons (Fsp3) is 0.250. The summed E-state index contributed by atoms with van der Waals surface area (Å²) in [6.45, 7) is 3.81. The van der Waals surface area contributed by atoms with Crippen LogP contribution in [0.25, 0.3) is 0 Å². The highest BCUT2D eigenvalue weighted by molar-refractivity contribution is 9.10. The monoisotopic (exact) mass is 372 g/mol. The van der Waals surface area contributed by atoms with Crippen LogP contribution in [0.4, 0.5) is 10.8 Å². The maximum Gasteiger partial charge on any atom is 0.237 e. The highest BCUT2D eigenvalue weighted by Gasteiger charge is 2.17. The molecule has 0 saturated carbocycles. The molecule has 0 spiro atoms. The Morgan fingerprint density at radius 1 is 1.50 bits per heavy atom. The van der Waals surface area contributed by atoms with Crippen LogP contribution in [0.3, 0.4) is 0 Å². The first-order valence-corrected chi connectivity index (χ1v) is 8.27. The number of carbonyl (C=O) groups is 1. The lowest BCUT2D eigenvalue weighted by Gasteiger charge is -2.12. The van der Waals surface area contributed by atoms with Gasteiger partial charge in [-0.25, -0.2) is 0 Å². The van der Waals surface area contributed by atoms with Gasteiger partial charge < -0.3 is 11.1 Å². The number of nitrogens with one attached hydrogen (secondary N) is 1. The molecule has 20 heavy (non-hydrogen) atoms. The number of nitrogens with zero attached hydrogens (tertiary/aromatic N) is 2. The number of aryl methyl sites for hydroxylation is 1. The van der Waals surface area contributed by atoms with Crippen molar-refractivity contribution < 1.29 is 4.79 Å². The van der Waals surface area contributed by atoms with E-state index >= 15 is 0 Å². The summed E-state index contributed by atoms with van der Waals surface area (Å²) in [5.74, 6) is -0.0895. The molecule has 3 N–H and O–H groups in total. The molecule has 106 valence electrons. The van der Waals surface area contributed by atoms with Crippen LogP contribution >= 0.6 is 39.0 Å². The molecular formula is C12H13BrN4OS2. The van der Waals surface area contributed by atoms with E-state index in [1.807, 2.05) is 32.0 Å². The normalized spacial score (nSPS) is 12.2. The van der Waals surface area contributed by atoms with Crippen LogP contribution in [0.5, 0.6) is 0 Å². The molecule has 1 unspecified atom stereocenters. The van der Waals surface area contributed by atoms with Crippen molar-refractivity contribution in [3.8, 4) is 0 Å². The molecule has 0 aliphatic heterocycles. The van der Waals surface area contributed by atoms with Crippen molar-refractivity contribution in [3.05, 3.63) is 28.2 Å². The van der Waals surface area contributed by atoms with Crippen LogP contribution in [0.1, 0.15) is 12.5 Å². The summed E-state index contributed by atoms with van der Waals surface area (Å²) >= 11 is 6.05. The number of carbonyl (C=O) groups excluding carboxylic acids is 1. The Balaban J connectivity index is 2.00. The summed E-state index contributed by atoms with van der Waals surface area (Å²) < 4.78 is 1.55. The first-order chi connectivity index (χ1) is 9.45. The number of benzene rings is 1. The van der Waals surface area contributed by atoms with E-state index in [0.29, 0.717) is 9.47 Å². The molecule has 0 aliphatic carbocycles. The SMILES string of the molecule is Cc1ccc(NC(=O)C(C)Sc2nnc(N)s2)c(Br)c1. The molecule has 1 aromatic heterocycles. The van der Waals surface area contributed by atoms with Crippen LogP contribution in [-0.2, 0) is 4.79 Å². The number of nitrogens with two attached hydrogens (primary N) is 1. The smallest absolute Gasteiger partial charge is 0.237 e. The van der Waals surface area contributed by atoms with Gasteiger partial charge in [0.2, 0.25) is 11.0 Å². The molecule has 0 bridgehead atoms. The van der Waals surface area contributed by atoms with Crippen molar-refractivity contribution in [3.63, 3.8) is 0 Å². The number of hydrogen-bond donors (Lipinski definition) is 2. The quantitative estimate of drug-likeness (QED) is 0.804. The molecule has 0 saturated heterocycles. The Labute approximate surface area is 133 Å². The van der Waals surface area contributed by atoms with Crippen LogP contribution in [0.2, 0.25) is 0 Å². The van der Waals surface area contributed by atoms with Gasteiger partial charge in [-0.1, -0.05) is 29.2 Å². The highest BCUT2D eigenvalue weighted by atomic mass is 79.9. The summed E-state index contributed by atoms with van der Waals surface area (Å²) in [4.78, 5) is 12.1.